The second-order valence-electron chi connectivity index (χ2n) is 10.4. The van der Waals surface area contributed by atoms with Crippen molar-refractivity contribution in [2.45, 2.75) is 42.7 Å². The molecule has 5 rings (SSSR count). The lowest BCUT2D eigenvalue weighted by molar-refractivity contribution is -0.130. The van der Waals surface area contributed by atoms with Gasteiger partial charge in [0.2, 0.25) is 21.9 Å². The number of amides is 1. The number of nitrogens with zero attached hydrogens (tertiary/aromatic N) is 6. The maximum atomic E-state index is 12.5. The summed E-state index contributed by atoms with van der Waals surface area (Å²) >= 11 is 0. The lowest BCUT2D eigenvalue weighted by Gasteiger charge is -2.31. The summed E-state index contributed by atoms with van der Waals surface area (Å²) in [6, 6.07) is 3.58. The number of sulfonamides is 1. The Labute approximate surface area is 244 Å². The highest BCUT2D eigenvalue weighted by atomic mass is 32.2. The molecule has 0 radical (unpaired) electrons. The van der Waals surface area contributed by atoms with Crippen molar-refractivity contribution in [3.63, 3.8) is 0 Å². The van der Waals surface area contributed by atoms with E-state index in [2.05, 4.69) is 29.9 Å². The summed E-state index contributed by atoms with van der Waals surface area (Å²) in [5, 5.41) is 3.91. The molecule has 226 valence electrons. The van der Waals surface area contributed by atoms with Crippen molar-refractivity contribution in [2.24, 2.45) is 0 Å². The van der Waals surface area contributed by atoms with Crippen molar-refractivity contribution in [2.75, 3.05) is 64.3 Å². The van der Waals surface area contributed by atoms with Crippen LogP contribution in [0.2, 0.25) is 0 Å². The summed E-state index contributed by atoms with van der Waals surface area (Å²) in [6.07, 6.45) is 7.50. The van der Waals surface area contributed by atoms with E-state index >= 15 is 0 Å². The first kappa shape index (κ1) is 29.7. The molecule has 1 saturated heterocycles. The Bertz CT molecular complexity index is 1490. The minimum atomic E-state index is -3.69. The number of hydrogen-bond acceptors (Lipinski definition) is 12. The van der Waals surface area contributed by atoms with Crippen LogP contribution in [-0.2, 0) is 19.6 Å². The third kappa shape index (κ3) is 7.14. The van der Waals surface area contributed by atoms with Crippen molar-refractivity contribution < 1.29 is 27.4 Å². The number of pyridine rings is 2. The highest BCUT2D eigenvalue weighted by molar-refractivity contribution is 7.89. The van der Waals surface area contributed by atoms with E-state index in [1.807, 2.05) is 6.07 Å². The average molecular weight is 601 g/mol. The Morgan fingerprint density at radius 2 is 1.79 bits per heavy atom. The number of fused-ring (bicyclic) bond motifs is 1. The summed E-state index contributed by atoms with van der Waals surface area (Å²) in [4.78, 5) is 33.2. The molecule has 0 aromatic carbocycles. The van der Waals surface area contributed by atoms with Crippen LogP contribution < -0.4 is 24.4 Å². The maximum Gasteiger partial charge on any atom is 0.259 e. The molecule has 4 heterocycles. The van der Waals surface area contributed by atoms with Crippen molar-refractivity contribution in [3.05, 3.63) is 30.7 Å². The first-order valence-corrected chi connectivity index (χ1v) is 15.4. The van der Waals surface area contributed by atoms with E-state index in [9.17, 15) is 13.2 Å². The summed E-state index contributed by atoms with van der Waals surface area (Å²) in [6.45, 7) is 2.54. The Kier molecular flexibility index (Phi) is 9.18. The molecule has 2 N–H and O–H groups in total. The average Bonchev–Trinajstić information content (AvgIpc) is 3.01. The number of morpholine rings is 1. The predicted molar refractivity (Wildman–Crippen MR) is 155 cm³/mol. The predicted octanol–water partition coefficient (Wildman–Crippen LogP) is 1.43. The van der Waals surface area contributed by atoms with Crippen molar-refractivity contribution in [3.8, 4) is 11.6 Å². The van der Waals surface area contributed by atoms with E-state index in [1.54, 1.807) is 32.6 Å². The highest BCUT2D eigenvalue weighted by Crippen LogP contribution is 2.32. The molecule has 3 aromatic heterocycles. The van der Waals surface area contributed by atoms with Crippen LogP contribution in [-0.4, -0.2) is 105 Å². The molecular weight excluding hydrogens is 564 g/mol. The molecule has 0 unspecified atom stereocenters. The minimum Gasteiger partial charge on any atom is -0.481 e. The van der Waals surface area contributed by atoms with Crippen LogP contribution in [0.3, 0.4) is 0 Å². The quantitative estimate of drug-likeness (QED) is 0.345. The van der Waals surface area contributed by atoms with Gasteiger partial charge in [-0.05, 0) is 38.8 Å². The molecule has 1 amide bonds. The molecule has 0 spiro atoms. The number of hydrogen-bond donors (Lipinski definition) is 2. The second-order valence-corrected chi connectivity index (χ2v) is 12.3. The number of anilines is 2. The van der Waals surface area contributed by atoms with Gasteiger partial charge in [-0.15, -0.1) is 0 Å². The topological polar surface area (TPSA) is 161 Å². The molecule has 2 fully saturated rings. The normalized spacial score (nSPS) is 19.4. The number of rotatable bonds is 10. The summed E-state index contributed by atoms with van der Waals surface area (Å²) in [7, 11) is 1.01. The minimum absolute atomic E-state index is 0.0527. The Morgan fingerprint density at radius 1 is 1.07 bits per heavy atom. The first-order valence-electron chi connectivity index (χ1n) is 13.9. The van der Waals surface area contributed by atoms with E-state index in [-0.39, 0.29) is 29.6 Å². The summed E-state index contributed by atoms with van der Waals surface area (Å²) in [5.74, 6) is 1.86. The number of likely N-dealkylation sites (N-methyl/N-ethyl adjacent to an activating group) is 1. The van der Waals surface area contributed by atoms with Gasteiger partial charge in [-0.1, -0.05) is 0 Å². The molecule has 3 aromatic rings. The molecule has 14 nitrogen and oxygen atoms in total. The van der Waals surface area contributed by atoms with Gasteiger partial charge in [0.05, 0.1) is 36.5 Å². The fourth-order valence-corrected chi connectivity index (χ4v) is 5.48. The fourth-order valence-electron chi connectivity index (χ4n) is 4.78. The summed E-state index contributed by atoms with van der Waals surface area (Å²) < 4.78 is 44.7. The SMILES string of the molecule is CNS(=O)(=O)c1cnc2cc(N3CCOCC3)nc(OC3CCC(Nc4ncc(OCC(=O)N(C)C)cn4)CC3)c2c1. The van der Waals surface area contributed by atoms with Crippen LogP contribution in [0.25, 0.3) is 10.9 Å². The van der Waals surface area contributed by atoms with Gasteiger partial charge in [0.15, 0.2) is 12.4 Å². The zero-order valence-electron chi connectivity index (χ0n) is 23.9. The summed E-state index contributed by atoms with van der Waals surface area (Å²) in [5.41, 5.74) is 0.613. The molecule has 42 heavy (non-hydrogen) atoms. The highest BCUT2D eigenvalue weighted by Gasteiger charge is 2.26. The van der Waals surface area contributed by atoms with E-state index in [0.717, 1.165) is 31.5 Å². The third-order valence-electron chi connectivity index (χ3n) is 7.29. The molecule has 1 aliphatic heterocycles. The molecular formula is C27H36N8O6S. The fraction of sp³-hybridized carbons (Fsp3) is 0.519. The van der Waals surface area contributed by atoms with Gasteiger partial charge >= 0.3 is 0 Å². The van der Waals surface area contributed by atoms with Crippen LogP contribution in [0.5, 0.6) is 11.6 Å². The lowest BCUT2D eigenvalue weighted by Crippen LogP contribution is -2.37. The zero-order valence-corrected chi connectivity index (χ0v) is 24.8. The number of carbonyl (C=O) groups excluding carboxylic acids is 1. The van der Waals surface area contributed by atoms with Crippen LogP contribution in [0.4, 0.5) is 11.8 Å². The molecule has 15 heteroatoms. The van der Waals surface area contributed by atoms with Crippen LogP contribution in [0.15, 0.2) is 35.6 Å². The zero-order chi connectivity index (χ0) is 29.7. The Balaban J connectivity index is 1.25. The van der Waals surface area contributed by atoms with Crippen molar-refractivity contribution >= 4 is 38.6 Å². The van der Waals surface area contributed by atoms with E-state index in [0.29, 0.717) is 54.8 Å². The van der Waals surface area contributed by atoms with E-state index < -0.39 is 10.0 Å². The number of carbonyl (C=O) groups is 1. The molecule has 1 saturated carbocycles. The van der Waals surface area contributed by atoms with Crippen LogP contribution >= 0.6 is 0 Å². The first-order chi connectivity index (χ1) is 20.2. The van der Waals surface area contributed by atoms with Gasteiger partial charge < -0.3 is 29.3 Å². The largest absolute Gasteiger partial charge is 0.481 e. The Hall–Kier alpha value is -3.82. The lowest BCUT2D eigenvalue weighted by atomic mass is 9.93. The number of nitrogens with one attached hydrogen (secondary N) is 2. The van der Waals surface area contributed by atoms with Gasteiger partial charge in [0, 0.05) is 45.5 Å². The second kappa shape index (κ2) is 13.0. The van der Waals surface area contributed by atoms with Gasteiger partial charge in [-0.2, -0.15) is 4.98 Å². The third-order valence-corrected chi connectivity index (χ3v) is 8.68. The molecule has 0 bridgehead atoms. The van der Waals surface area contributed by atoms with Crippen LogP contribution in [0, 0.1) is 0 Å². The van der Waals surface area contributed by atoms with Gasteiger partial charge in [-0.25, -0.2) is 23.1 Å². The van der Waals surface area contributed by atoms with Crippen molar-refractivity contribution in [1.82, 2.24) is 29.6 Å². The molecule has 2 aliphatic rings. The van der Waals surface area contributed by atoms with E-state index in [1.165, 1.54) is 18.1 Å². The van der Waals surface area contributed by atoms with Crippen LogP contribution in [0.1, 0.15) is 25.7 Å². The Morgan fingerprint density at radius 3 is 2.45 bits per heavy atom. The number of ether oxygens (including phenoxy) is 3. The smallest absolute Gasteiger partial charge is 0.259 e. The van der Waals surface area contributed by atoms with E-state index in [4.69, 9.17) is 19.2 Å². The number of aromatic nitrogens is 4. The van der Waals surface area contributed by atoms with Gasteiger partial charge in [-0.3, -0.25) is 9.78 Å². The van der Waals surface area contributed by atoms with Crippen molar-refractivity contribution in [1.29, 1.82) is 0 Å². The molecule has 1 aliphatic carbocycles. The van der Waals surface area contributed by atoms with Gasteiger partial charge in [0.1, 0.15) is 16.8 Å². The maximum absolute atomic E-state index is 12.5. The molecule has 0 atom stereocenters. The monoisotopic (exact) mass is 600 g/mol. The van der Waals surface area contributed by atoms with Gasteiger partial charge in [0.25, 0.3) is 5.91 Å². The standard InChI is InChI=1S/C27H36N8O6S/c1-28-42(37,38)21-12-22-23(29-16-21)13-24(35-8-10-39-11-9-35)33-26(22)41-19-6-4-18(5-7-19)32-27-30-14-20(15-31-27)40-17-25(36)34(2)3/h12-16,18-19,28H,4-11,17H2,1-3H3,(H,30,31,32).